The molecular formula is C16H13IN6. The largest absolute Gasteiger partial charge is 0.346 e. The maximum absolute atomic E-state index is 4.39. The molecule has 0 aliphatic heterocycles. The van der Waals surface area contributed by atoms with Gasteiger partial charge >= 0.3 is 0 Å². The first kappa shape index (κ1) is 14.3. The maximum Gasteiger partial charge on any atom is 0.141 e. The Hall–Kier alpha value is -2.29. The van der Waals surface area contributed by atoms with Gasteiger partial charge in [0.05, 0.1) is 12.2 Å². The molecule has 0 fully saturated rings. The standard InChI is InChI=1S/C16H13IN6/c1-10-14(15-13-6-7-18-16(13)20-9-19-15)21-22-23(10)8-11-2-4-12(17)5-3-11/h2-7,9H,8H2,1H3,(H,18,19,20). The Kier molecular flexibility index (Phi) is 3.56. The minimum atomic E-state index is 0.692. The lowest BCUT2D eigenvalue weighted by atomic mass is 10.2. The Morgan fingerprint density at radius 2 is 1.91 bits per heavy atom. The first-order valence-corrected chi connectivity index (χ1v) is 8.23. The van der Waals surface area contributed by atoms with Gasteiger partial charge in [-0.3, -0.25) is 0 Å². The Bertz CT molecular complexity index is 970. The molecule has 0 radical (unpaired) electrons. The van der Waals surface area contributed by atoms with Crippen molar-refractivity contribution >= 4 is 33.6 Å². The topological polar surface area (TPSA) is 72.3 Å². The summed E-state index contributed by atoms with van der Waals surface area (Å²) in [5.41, 5.74) is 4.59. The highest BCUT2D eigenvalue weighted by Crippen LogP contribution is 2.25. The van der Waals surface area contributed by atoms with Crippen molar-refractivity contribution in [3.05, 3.63) is 57.7 Å². The van der Waals surface area contributed by atoms with Crippen molar-refractivity contribution in [2.75, 3.05) is 0 Å². The molecule has 0 spiro atoms. The molecule has 114 valence electrons. The number of aromatic nitrogens is 6. The van der Waals surface area contributed by atoms with E-state index in [0.29, 0.717) is 6.54 Å². The highest BCUT2D eigenvalue weighted by molar-refractivity contribution is 14.1. The van der Waals surface area contributed by atoms with Crippen molar-refractivity contribution < 1.29 is 0 Å². The van der Waals surface area contributed by atoms with E-state index in [4.69, 9.17) is 0 Å². The number of halogens is 1. The third-order valence-corrected chi connectivity index (χ3v) is 4.53. The highest BCUT2D eigenvalue weighted by Gasteiger charge is 2.15. The monoisotopic (exact) mass is 416 g/mol. The van der Waals surface area contributed by atoms with E-state index in [0.717, 1.165) is 28.1 Å². The van der Waals surface area contributed by atoms with E-state index < -0.39 is 0 Å². The van der Waals surface area contributed by atoms with Gasteiger partial charge in [-0.1, -0.05) is 17.3 Å². The lowest BCUT2D eigenvalue weighted by Crippen LogP contribution is -2.04. The zero-order valence-corrected chi connectivity index (χ0v) is 14.5. The summed E-state index contributed by atoms with van der Waals surface area (Å²) in [5, 5.41) is 9.59. The average molecular weight is 416 g/mol. The summed E-state index contributed by atoms with van der Waals surface area (Å²) in [4.78, 5) is 11.7. The zero-order chi connectivity index (χ0) is 15.8. The van der Waals surface area contributed by atoms with Crippen molar-refractivity contribution in [1.82, 2.24) is 29.9 Å². The molecule has 0 aliphatic carbocycles. The van der Waals surface area contributed by atoms with Gasteiger partial charge in [-0.2, -0.15) is 0 Å². The quantitative estimate of drug-likeness (QED) is 0.521. The Morgan fingerprint density at radius 1 is 1.09 bits per heavy atom. The number of rotatable bonds is 3. The van der Waals surface area contributed by atoms with Crippen molar-refractivity contribution in [2.24, 2.45) is 0 Å². The molecule has 0 saturated heterocycles. The molecule has 0 unspecified atom stereocenters. The second kappa shape index (κ2) is 5.73. The van der Waals surface area contributed by atoms with Crippen molar-refractivity contribution in [1.29, 1.82) is 0 Å². The molecule has 23 heavy (non-hydrogen) atoms. The predicted octanol–water partition coefficient (Wildman–Crippen LogP) is 3.18. The van der Waals surface area contributed by atoms with Gasteiger partial charge in [-0.05, 0) is 53.3 Å². The SMILES string of the molecule is Cc1c(-c2ncnc3[nH]ccc23)nnn1Cc1ccc(I)cc1. The summed E-state index contributed by atoms with van der Waals surface area (Å²) in [7, 11) is 0. The zero-order valence-electron chi connectivity index (χ0n) is 12.4. The van der Waals surface area contributed by atoms with Crippen LogP contribution in [0.25, 0.3) is 22.4 Å². The lowest BCUT2D eigenvalue weighted by molar-refractivity contribution is 0.633. The number of hydrogen-bond acceptors (Lipinski definition) is 4. The molecule has 0 bridgehead atoms. The predicted molar refractivity (Wildman–Crippen MR) is 95.9 cm³/mol. The van der Waals surface area contributed by atoms with Crippen molar-refractivity contribution in [3.63, 3.8) is 0 Å². The summed E-state index contributed by atoms with van der Waals surface area (Å²) in [6.45, 7) is 2.71. The van der Waals surface area contributed by atoms with E-state index >= 15 is 0 Å². The highest BCUT2D eigenvalue weighted by atomic mass is 127. The summed E-state index contributed by atoms with van der Waals surface area (Å²) in [5.74, 6) is 0. The number of nitrogens with zero attached hydrogens (tertiary/aromatic N) is 5. The van der Waals surface area contributed by atoms with Gasteiger partial charge in [0, 0.05) is 15.2 Å². The molecule has 0 aliphatic rings. The summed E-state index contributed by atoms with van der Waals surface area (Å²) < 4.78 is 3.12. The molecule has 4 aromatic rings. The van der Waals surface area contributed by atoms with E-state index in [1.807, 2.05) is 23.9 Å². The van der Waals surface area contributed by atoms with Gasteiger partial charge in [-0.15, -0.1) is 5.10 Å². The Labute approximate surface area is 146 Å². The van der Waals surface area contributed by atoms with Crippen LogP contribution in [0.4, 0.5) is 0 Å². The number of fused-ring (bicyclic) bond motifs is 1. The van der Waals surface area contributed by atoms with E-state index in [1.54, 1.807) is 6.33 Å². The van der Waals surface area contributed by atoms with Crippen molar-refractivity contribution in [2.45, 2.75) is 13.5 Å². The van der Waals surface area contributed by atoms with Crippen LogP contribution in [0.15, 0.2) is 42.9 Å². The molecule has 3 heterocycles. The van der Waals surface area contributed by atoms with Crippen LogP contribution in [0.1, 0.15) is 11.3 Å². The van der Waals surface area contributed by atoms with Gasteiger partial charge in [0.2, 0.25) is 0 Å². The van der Waals surface area contributed by atoms with Crippen LogP contribution in [0.5, 0.6) is 0 Å². The summed E-state index contributed by atoms with van der Waals surface area (Å²) in [6.07, 6.45) is 3.40. The van der Waals surface area contributed by atoms with E-state index in [9.17, 15) is 0 Å². The van der Waals surface area contributed by atoms with Crippen LogP contribution < -0.4 is 0 Å². The van der Waals surface area contributed by atoms with Crippen LogP contribution in [0.2, 0.25) is 0 Å². The van der Waals surface area contributed by atoms with Gasteiger partial charge < -0.3 is 4.98 Å². The molecule has 3 aromatic heterocycles. The molecule has 1 N–H and O–H groups in total. The molecule has 0 saturated carbocycles. The third kappa shape index (κ3) is 2.61. The Balaban J connectivity index is 1.73. The molecule has 4 rings (SSSR count). The van der Waals surface area contributed by atoms with Crippen LogP contribution >= 0.6 is 22.6 Å². The first-order valence-electron chi connectivity index (χ1n) is 7.15. The van der Waals surface area contributed by atoms with Gasteiger partial charge in [0.1, 0.15) is 23.4 Å². The fraction of sp³-hybridized carbons (Fsp3) is 0.125. The molecule has 0 atom stereocenters. The minimum absolute atomic E-state index is 0.692. The number of nitrogens with one attached hydrogen (secondary N) is 1. The van der Waals surface area contributed by atoms with Gasteiger partial charge in [-0.25, -0.2) is 14.6 Å². The van der Waals surface area contributed by atoms with Crippen LogP contribution in [0, 0.1) is 10.5 Å². The molecule has 7 heteroatoms. The maximum atomic E-state index is 4.39. The fourth-order valence-corrected chi connectivity index (χ4v) is 2.91. The minimum Gasteiger partial charge on any atom is -0.346 e. The van der Waals surface area contributed by atoms with E-state index in [1.165, 1.54) is 9.13 Å². The number of H-pyrrole nitrogens is 1. The average Bonchev–Trinajstić information content (AvgIpc) is 3.17. The van der Waals surface area contributed by atoms with Crippen LogP contribution in [0.3, 0.4) is 0 Å². The summed E-state index contributed by atoms with van der Waals surface area (Å²) in [6, 6.07) is 10.4. The summed E-state index contributed by atoms with van der Waals surface area (Å²) >= 11 is 2.30. The van der Waals surface area contributed by atoms with Crippen molar-refractivity contribution in [3.8, 4) is 11.4 Å². The van der Waals surface area contributed by atoms with Gasteiger partial charge in [0.15, 0.2) is 0 Å². The third-order valence-electron chi connectivity index (χ3n) is 3.81. The molecule has 0 amide bonds. The van der Waals surface area contributed by atoms with E-state index in [-0.39, 0.29) is 0 Å². The fourth-order valence-electron chi connectivity index (χ4n) is 2.55. The van der Waals surface area contributed by atoms with Crippen LogP contribution in [-0.2, 0) is 6.54 Å². The number of hydrogen-bond donors (Lipinski definition) is 1. The van der Waals surface area contributed by atoms with Gasteiger partial charge in [0.25, 0.3) is 0 Å². The second-order valence-electron chi connectivity index (χ2n) is 5.27. The number of benzene rings is 1. The molecule has 6 nitrogen and oxygen atoms in total. The molecular weight excluding hydrogens is 403 g/mol. The van der Waals surface area contributed by atoms with Crippen LogP contribution in [-0.4, -0.2) is 29.9 Å². The smallest absolute Gasteiger partial charge is 0.141 e. The number of aromatic amines is 1. The normalized spacial score (nSPS) is 11.2. The molecule has 1 aromatic carbocycles. The lowest BCUT2D eigenvalue weighted by Gasteiger charge is -2.05. The first-order chi connectivity index (χ1) is 11.2. The Morgan fingerprint density at radius 3 is 2.74 bits per heavy atom. The second-order valence-corrected chi connectivity index (χ2v) is 6.52. The van der Waals surface area contributed by atoms with E-state index in [2.05, 4.69) is 72.1 Å².